The minimum absolute atomic E-state index is 0.185. The molecular weight excluding hydrogens is 314 g/mol. The Bertz CT molecular complexity index is 684. The van der Waals surface area contributed by atoms with Crippen LogP contribution in [0, 0.1) is 11.6 Å². The smallest absolute Gasteiger partial charge is 0.244 e. The molecule has 2 rings (SSSR count). The zero-order chi connectivity index (χ0) is 17.7. The predicted molar refractivity (Wildman–Crippen MR) is 89.3 cm³/mol. The fraction of sp³-hybridized carbons (Fsp3) is 0.278. The molecule has 24 heavy (non-hydrogen) atoms. The lowest BCUT2D eigenvalue weighted by atomic mass is 10.0. The lowest BCUT2D eigenvalue weighted by Gasteiger charge is -2.24. The summed E-state index contributed by atoms with van der Waals surface area (Å²) in [5, 5.41) is 2.90. The van der Waals surface area contributed by atoms with Crippen molar-refractivity contribution in [1.82, 2.24) is 5.32 Å². The summed E-state index contributed by atoms with van der Waals surface area (Å²) in [6.07, 6.45) is 0.185. The van der Waals surface area contributed by atoms with Crippen molar-refractivity contribution in [3.8, 4) is 5.75 Å². The first-order valence-corrected chi connectivity index (χ1v) is 7.48. The van der Waals surface area contributed by atoms with Crippen LogP contribution in [0.3, 0.4) is 0 Å². The summed E-state index contributed by atoms with van der Waals surface area (Å²) in [4.78, 5) is 14.1. The molecule has 0 radical (unpaired) electrons. The fourth-order valence-electron chi connectivity index (χ4n) is 2.44. The standard InChI is InChI=1S/C18H20F2N2O2/c1-21-17(10-12-8-13(19)11-14(20)9-12)18(23)22(2)15-4-6-16(24-3)7-5-15/h4-9,11,17,21H,10H2,1-3H3/t17-/m0/s1. The van der Waals surface area contributed by atoms with Crippen molar-refractivity contribution in [1.29, 1.82) is 0 Å². The van der Waals surface area contributed by atoms with Gasteiger partial charge >= 0.3 is 0 Å². The van der Waals surface area contributed by atoms with Gasteiger partial charge in [-0.05, 0) is 55.4 Å². The maximum absolute atomic E-state index is 13.3. The molecule has 0 spiro atoms. The van der Waals surface area contributed by atoms with Crippen molar-refractivity contribution in [2.45, 2.75) is 12.5 Å². The minimum atomic E-state index is -0.657. The van der Waals surface area contributed by atoms with Crippen LogP contribution in [0.15, 0.2) is 42.5 Å². The average Bonchev–Trinajstić information content (AvgIpc) is 2.57. The molecule has 0 aliphatic carbocycles. The fourth-order valence-corrected chi connectivity index (χ4v) is 2.44. The number of hydrogen-bond donors (Lipinski definition) is 1. The van der Waals surface area contributed by atoms with Gasteiger partial charge in [0.2, 0.25) is 5.91 Å². The first kappa shape index (κ1) is 17.9. The van der Waals surface area contributed by atoms with Crippen LogP contribution < -0.4 is 15.0 Å². The van der Waals surface area contributed by atoms with E-state index in [4.69, 9.17) is 4.74 Å². The highest BCUT2D eigenvalue weighted by molar-refractivity contribution is 5.96. The first-order valence-electron chi connectivity index (χ1n) is 7.48. The third kappa shape index (κ3) is 4.29. The second kappa shape index (κ2) is 7.88. The molecule has 2 aromatic rings. The molecule has 0 aliphatic heterocycles. The van der Waals surface area contributed by atoms with E-state index >= 15 is 0 Å². The highest BCUT2D eigenvalue weighted by Crippen LogP contribution is 2.19. The van der Waals surface area contributed by atoms with Gasteiger partial charge in [0.25, 0.3) is 0 Å². The van der Waals surface area contributed by atoms with E-state index in [0.717, 1.165) is 6.07 Å². The monoisotopic (exact) mass is 334 g/mol. The van der Waals surface area contributed by atoms with E-state index in [0.29, 0.717) is 17.0 Å². The summed E-state index contributed by atoms with van der Waals surface area (Å²) >= 11 is 0. The van der Waals surface area contributed by atoms with Crippen molar-refractivity contribution in [2.24, 2.45) is 0 Å². The number of carbonyl (C=O) groups excluding carboxylic acids is 1. The maximum atomic E-state index is 13.3. The number of rotatable bonds is 6. The van der Waals surface area contributed by atoms with E-state index < -0.39 is 17.7 Å². The van der Waals surface area contributed by atoms with E-state index in [9.17, 15) is 13.6 Å². The van der Waals surface area contributed by atoms with Crippen molar-refractivity contribution in [3.63, 3.8) is 0 Å². The Morgan fingerprint density at radius 3 is 2.25 bits per heavy atom. The zero-order valence-electron chi connectivity index (χ0n) is 13.8. The number of ether oxygens (including phenoxy) is 1. The summed E-state index contributed by atoms with van der Waals surface area (Å²) < 4.78 is 31.7. The molecule has 0 saturated carbocycles. The maximum Gasteiger partial charge on any atom is 0.244 e. The van der Waals surface area contributed by atoms with Gasteiger partial charge in [0.1, 0.15) is 17.4 Å². The third-order valence-corrected chi connectivity index (χ3v) is 3.80. The Labute approximate surface area is 140 Å². The molecule has 0 saturated heterocycles. The second-order valence-corrected chi connectivity index (χ2v) is 5.42. The molecule has 2 aromatic carbocycles. The van der Waals surface area contributed by atoms with E-state index in [-0.39, 0.29) is 12.3 Å². The molecule has 0 bridgehead atoms. The number of methoxy groups -OCH3 is 1. The van der Waals surface area contributed by atoms with E-state index in [2.05, 4.69) is 5.32 Å². The van der Waals surface area contributed by atoms with Gasteiger partial charge < -0.3 is 15.0 Å². The Morgan fingerprint density at radius 2 is 1.75 bits per heavy atom. The summed E-state index contributed by atoms with van der Waals surface area (Å²) in [5.74, 6) is -0.820. The van der Waals surface area contributed by atoms with Crippen molar-refractivity contribution in [3.05, 3.63) is 59.7 Å². The Kier molecular flexibility index (Phi) is 5.87. The molecule has 1 N–H and O–H groups in total. The van der Waals surface area contributed by atoms with Gasteiger partial charge in [0.15, 0.2) is 0 Å². The quantitative estimate of drug-likeness (QED) is 0.883. The molecule has 4 nitrogen and oxygen atoms in total. The minimum Gasteiger partial charge on any atom is -0.497 e. The first-order chi connectivity index (χ1) is 11.4. The van der Waals surface area contributed by atoms with Gasteiger partial charge in [0, 0.05) is 18.8 Å². The predicted octanol–water partition coefficient (Wildman–Crippen LogP) is 2.77. The molecule has 0 unspecified atom stereocenters. The molecule has 6 heteroatoms. The average molecular weight is 334 g/mol. The van der Waals surface area contributed by atoms with Gasteiger partial charge in [-0.3, -0.25) is 4.79 Å². The molecule has 0 aliphatic rings. The van der Waals surface area contributed by atoms with Crippen LogP contribution in [-0.4, -0.2) is 33.2 Å². The number of hydrogen-bond acceptors (Lipinski definition) is 3. The number of likely N-dealkylation sites (N-methyl/N-ethyl adjacent to an activating group) is 2. The Balaban J connectivity index is 2.14. The van der Waals surface area contributed by atoms with E-state index in [1.165, 1.54) is 17.0 Å². The van der Waals surface area contributed by atoms with Crippen LogP contribution in [0.4, 0.5) is 14.5 Å². The van der Waals surface area contributed by atoms with Crippen LogP contribution >= 0.6 is 0 Å². The molecule has 0 aromatic heterocycles. The molecule has 0 heterocycles. The lowest BCUT2D eigenvalue weighted by molar-refractivity contribution is -0.120. The number of benzene rings is 2. The molecule has 128 valence electrons. The molecular formula is C18H20F2N2O2. The van der Waals surface area contributed by atoms with E-state index in [1.807, 2.05) is 0 Å². The highest BCUT2D eigenvalue weighted by atomic mass is 19.1. The van der Waals surface area contributed by atoms with Crippen LogP contribution in [-0.2, 0) is 11.2 Å². The molecule has 1 amide bonds. The second-order valence-electron chi connectivity index (χ2n) is 5.42. The Hall–Kier alpha value is -2.47. The van der Waals surface area contributed by atoms with Crippen LogP contribution in [0.2, 0.25) is 0 Å². The number of carbonyl (C=O) groups is 1. The third-order valence-electron chi connectivity index (χ3n) is 3.80. The van der Waals surface area contributed by atoms with Gasteiger partial charge in [-0.1, -0.05) is 0 Å². The van der Waals surface area contributed by atoms with Gasteiger partial charge in [0.05, 0.1) is 13.2 Å². The van der Waals surface area contributed by atoms with Crippen molar-refractivity contribution < 1.29 is 18.3 Å². The number of halogens is 2. The van der Waals surface area contributed by atoms with Crippen LogP contribution in [0.5, 0.6) is 5.75 Å². The molecule has 1 atom stereocenters. The Morgan fingerprint density at radius 1 is 1.17 bits per heavy atom. The largest absolute Gasteiger partial charge is 0.497 e. The number of nitrogens with zero attached hydrogens (tertiary/aromatic N) is 1. The normalized spacial score (nSPS) is 11.9. The summed E-state index contributed by atoms with van der Waals surface area (Å²) in [6.45, 7) is 0. The number of anilines is 1. The zero-order valence-corrected chi connectivity index (χ0v) is 13.8. The van der Waals surface area contributed by atoms with Gasteiger partial charge in [-0.15, -0.1) is 0 Å². The summed E-state index contributed by atoms with van der Waals surface area (Å²) in [5.41, 5.74) is 1.12. The van der Waals surface area contributed by atoms with E-state index in [1.54, 1.807) is 45.5 Å². The number of nitrogens with one attached hydrogen (secondary N) is 1. The SMILES string of the molecule is CN[C@@H](Cc1cc(F)cc(F)c1)C(=O)N(C)c1ccc(OC)cc1. The van der Waals surface area contributed by atoms with Crippen LogP contribution in [0.1, 0.15) is 5.56 Å². The van der Waals surface area contributed by atoms with Crippen molar-refractivity contribution >= 4 is 11.6 Å². The van der Waals surface area contributed by atoms with Gasteiger partial charge in [-0.25, -0.2) is 8.78 Å². The van der Waals surface area contributed by atoms with Crippen LogP contribution in [0.25, 0.3) is 0 Å². The number of amides is 1. The topological polar surface area (TPSA) is 41.6 Å². The van der Waals surface area contributed by atoms with Gasteiger partial charge in [-0.2, -0.15) is 0 Å². The van der Waals surface area contributed by atoms with Crippen molar-refractivity contribution in [2.75, 3.05) is 26.1 Å². The summed E-state index contributed by atoms with van der Waals surface area (Å²) in [6, 6.07) is 9.73. The lowest BCUT2D eigenvalue weighted by Crippen LogP contribution is -2.45. The molecule has 0 fully saturated rings. The highest BCUT2D eigenvalue weighted by Gasteiger charge is 2.22. The summed E-state index contributed by atoms with van der Waals surface area (Å²) in [7, 11) is 4.86.